The van der Waals surface area contributed by atoms with Crippen LogP contribution in [0.2, 0.25) is 0 Å². The maximum atomic E-state index is 14.8. The van der Waals surface area contributed by atoms with E-state index in [4.69, 9.17) is 9.15 Å². The van der Waals surface area contributed by atoms with E-state index in [9.17, 15) is 14.0 Å². The van der Waals surface area contributed by atoms with Gasteiger partial charge in [0.05, 0.1) is 24.2 Å². The summed E-state index contributed by atoms with van der Waals surface area (Å²) in [5, 5.41) is 0. The number of ether oxygens (including phenoxy) is 1. The standard InChI is InChI=1S/C20H13FO4/c1-3-4-10-7-12(21)17(16(8-10)24-2)11-9-13(22)18-14-5-6-15(25-14)19(18)20(11)23/h5-8,11H,9H2,1-2H3. The molecule has 1 aliphatic carbocycles. The largest absolute Gasteiger partial charge is 0.496 e. The van der Waals surface area contributed by atoms with Crippen LogP contribution in [-0.2, 0) is 0 Å². The van der Waals surface area contributed by atoms with Crippen LogP contribution >= 0.6 is 0 Å². The molecule has 0 spiro atoms. The second kappa shape index (κ2) is 5.45. The molecule has 0 aliphatic heterocycles. The molecule has 4 nitrogen and oxygen atoms in total. The molecule has 0 saturated carbocycles. The predicted octanol–water partition coefficient (Wildman–Crippen LogP) is 3.94. The van der Waals surface area contributed by atoms with Crippen LogP contribution in [0.5, 0.6) is 5.75 Å². The third kappa shape index (κ3) is 2.14. The third-order valence-corrected chi connectivity index (χ3v) is 4.51. The molecule has 2 heterocycles. The zero-order chi connectivity index (χ0) is 17.7. The van der Waals surface area contributed by atoms with Crippen molar-refractivity contribution in [2.45, 2.75) is 19.3 Å². The number of Topliss-reactive ketones (excluding diaryl/α,β-unsaturated/α-hetero) is 2. The minimum absolute atomic E-state index is 0.0893. The minimum Gasteiger partial charge on any atom is -0.496 e. The number of hydrogen-bond acceptors (Lipinski definition) is 4. The summed E-state index contributed by atoms with van der Waals surface area (Å²) in [5.41, 5.74) is 1.87. The normalized spacial score (nSPS) is 16.7. The third-order valence-electron chi connectivity index (χ3n) is 4.51. The number of halogens is 1. The monoisotopic (exact) mass is 336 g/mol. The predicted molar refractivity (Wildman–Crippen MR) is 88.9 cm³/mol. The van der Waals surface area contributed by atoms with Crippen LogP contribution in [0.15, 0.2) is 28.7 Å². The Bertz CT molecular complexity index is 1080. The highest BCUT2D eigenvalue weighted by atomic mass is 19.1. The Balaban J connectivity index is 1.88. The van der Waals surface area contributed by atoms with Crippen LogP contribution in [0.3, 0.4) is 0 Å². The van der Waals surface area contributed by atoms with Crippen molar-refractivity contribution in [3.63, 3.8) is 0 Å². The number of benzene rings is 2. The molecule has 124 valence electrons. The number of hydrogen-bond donors (Lipinski definition) is 0. The van der Waals surface area contributed by atoms with E-state index < -0.39 is 11.7 Å². The van der Waals surface area contributed by atoms with Crippen LogP contribution in [0.4, 0.5) is 4.39 Å². The highest BCUT2D eigenvalue weighted by molar-refractivity contribution is 6.23. The summed E-state index contributed by atoms with van der Waals surface area (Å²) < 4.78 is 25.5. The molecule has 1 unspecified atom stereocenters. The fourth-order valence-electron chi connectivity index (χ4n) is 3.48. The molecule has 0 saturated heterocycles. The lowest BCUT2D eigenvalue weighted by Gasteiger charge is -2.23. The lowest BCUT2D eigenvalue weighted by Crippen LogP contribution is -2.26. The van der Waals surface area contributed by atoms with E-state index >= 15 is 0 Å². The molecule has 2 bridgehead atoms. The Kier molecular flexibility index (Phi) is 3.36. The van der Waals surface area contributed by atoms with Gasteiger partial charge in [-0.05, 0) is 31.2 Å². The molecule has 1 atom stereocenters. The summed E-state index contributed by atoms with van der Waals surface area (Å²) in [5.74, 6) is 3.58. The van der Waals surface area contributed by atoms with Gasteiger partial charge in [-0.2, -0.15) is 0 Å². The first-order valence-corrected chi connectivity index (χ1v) is 7.77. The summed E-state index contributed by atoms with van der Waals surface area (Å²) in [6.07, 6.45) is -0.113. The number of rotatable bonds is 2. The van der Waals surface area contributed by atoms with Gasteiger partial charge in [0.25, 0.3) is 0 Å². The number of furan rings is 2. The number of methoxy groups -OCH3 is 1. The maximum absolute atomic E-state index is 14.8. The molecule has 0 N–H and O–H groups in total. The number of carbonyl (C=O) groups excluding carboxylic acids is 2. The molecule has 2 aromatic heterocycles. The van der Waals surface area contributed by atoms with Crippen molar-refractivity contribution < 1.29 is 23.1 Å². The van der Waals surface area contributed by atoms with Gasteiger partial charge >= 0.3 is 0 Å². The van der Waals surface area contributed by atoms with E-state index in [2.05, 4.69) is 11.8 Å². The second-order valence-corrected chi connectivity index (χ2v) is 5.91. The van der Waals surface area contributed by atoms with Crippen LogP contribution in [0, 0.1) is 17.7 Å². The summed E-state index contributed by atoms with van der Waals surface area (Å²) in [4.78, 5) is 25.5. The molecule has 25 heavy (non-hydrogen) atoms. The molecule has 1 aromatic carbocycles. The Morgan fingerprint density at radius 2 is 1.92 bits per heavy atom. The highest BCUT2D eigenvalue weighted by Crippen LogP contribution is 2.43. The molecular formula is C20H13FO4. The van der Waals surface area contributed by atoms with Gasteiger partial charge < -0.3 is 9.15 Å². The van der Waals surface area contributed by atoms with Gasteiger partial charge in [-0.15, -0.1) is 5.92 Å². The molecule has 0 amide bonds. The van der Waals surface area contributed by atoms with Crippen molar-refractivity contribution in [1.29, 1.82) is 0 Å². The summed E-state index contributed by atoms with van der Waals surface area (Å²) in [7, 11) is 1.40. The van der Waals surface area contributed by atoms with Gasteiger partial charge in [0.2, 0.25) is 0 Å². The fourth-order valence-corrected chi connectivity index (χ4v) is 3.48. The molecule has 5 heteroatoms. The smallest absolute Gasteiger partial charge is 0.175 e. The molecule has 0 fully saturated rings. The topological polar surface area (TPSA) is 56.5 Å². The maximum Gasteiger partial charge on any atom is 0.175 e. The lowest BCUT2D eigenvalue weighted by atomic mass is 9.78. The first-order chi connectivity index (χ1) is 12.0. The van der Waals surface area contributed by atoms with Crippen molar-refractivity contribution in [3.05, 3.63) is 52.3 Å². The Labute approximate surface area is 142 Å². The first-order valence-electron chi connectivity index (χ1n) is 7.77. The van der Waals surface area contributed by atoms with Crippen molar-refractivity contribution in [2.75, 3.05) is 7.11 Å². The minimum atomic E-state index is -0.936. The Morgan fingerprint density at radius 1 is 1.20 bits per heavy atom. The second-order valence-electron chi connectivity index (χ2n) is 5.91. The summed E-state index contributed by atoms with van der Waals surface area (Å²) >= 11 is 0. The molecule has 1 aliphatic rings. The Morgan fingerprint density at radius 3 is 2.60 bits per heavy atom. The van der Waals surface area contributed by atoms with E-state index in [0.29, 0.717) is 22.3 Å². The van der Waals surface area contributed by atoms with Crippen LogP contribution in [-0.4, -0.2) is 18.7 Å². The molecule has 0 radical (unpaired) electrons. The van der Waals surface area contributed by atoms with E-state index in [1.165, 1.54) is 13.2 Å². The summed E-state index contributed by atoms with van der Waals surface area (Å²) in [6.45, 7) is 1.65. The summed E-state index contributed by atoms with van der Waals surface area (Å²) in [6, 6.07) is 6.15. The van der Waals surface area contributed by atoms with E-state index in [1.54, 1.807) is 25.1 Å². The molecule has 4 rings (SSSR count). The van der Waals surface area contributed by atoms with Crippen molar-refractivity contribution in [2.24, 2.45) is 0 Å². The lowest BCUT2D eigenvalue weighted by molar-refractivity contribution is 0.0866. The van der Waals surface area contributed by atoms with Crippen LogP contribution in [0.25, 0.3) is 11.2 Å². The average Bonchev–Trinajstić information content (AvgIpc) is 3.20. The number of fused-ring (bicyclic) bond motifs is 5. The van der Waals surface area contributed by atoms with Crippen molar-refractivity contribution in [3.8, 4) is 17.6 Å². The van der Waals surface area contributed by atoms with Gasteiger partial charge in [-0.3, -0.25) is 9.59 Å². The molecular weight excluding hydrogens is 323 g/mol. The zero-order valence-electron chi connectivity index (χ0n) is 13.6. The average molecular weight is 336 g/mol. The number of ketones is 2. The van der Waals surface area contributed by atoms with Gasteiger partial charge in [0.1, 0.15) is 22.7 Å². The quantitative estimate of drug-likeness (QED) is 0.665. The van der Waals surface area contributed by atoms with Crippen molar-refractivity contribution >= 4 is 22.7 Å². The van der Waals surface area contributed by atoms with E-state index in [0.717, 1.165) is 0 Å². The van der Waals surface area contributed by atoms with Crippen LogP contribution in [0.1, 0.15) is 51.1 Å². The zero-order valence-corrected chi connectivity index (χ0v) is 13.6. The van der Waals surface area contributed by atoms with Crippen molar-refractivity contribution in [1.82, 2.24) is 0 Å². The van der Waals surface area contributed by atoms with Gasteiger partial charge in [-0.1, -0.05) is 5.92 Å². The number of carbonyl (C=O) groups is 2. The van der Waals surface area contributed by atoms with Gasteiger partial charge in [-0.25, -0.2) is 4.39 Å². The highest BCUT2D eigenvalue weighted by Gasteiger charge is 2.41. The molecule has 3 aromatic rings. The fraction of sp³-hybridized carbons (Fsp3) is 0.200. The first kappa shape index (κ1) is 15.4. The van der Waals surface area contributed by atoms with Gasteiger partial charge in [0.15, 0.2) is 11.6 Å². The van der Waals surface area contributed by atoms with Gasteiger partial charge in [0, 0.05) is 17.5 Å². The SMILES string of the molecule is CC#Cc1cc(F)c(C2CC(=O)c3c(c4ccc3o4)C2=O)c(OC)c1. The van der Waals surface area contributed by atoms with E-state index in [-0.39, 0.29) is 34.9 Å². The Hall–Kier alpha value is -3.13. The van der Waals surface area contributed by atoms with Crippen LogP contribution < -0.4 is 4.74 Å². The van der Waals surface area contributed by atoms with E-state index in [1.807, 2.05) is 0 Å².